The third-order valence-corrected chi connectivity index (χ3v) is 5.34. The summed E-state index contributed by atoms with van der Waals surface area (Å²) in [5, 5.41) is 17.0. The van der Waals surface area contributed by atoms with E-state index in [4.69, 9.17) is 4.74 Å². The number of carbonyl (C=O) groups is 1. The van der Waals surface area contributed by atoms with Crippen LogP contribution in [-0.4, -0.2) is 38.5 Å². The number of rotatable bonds is 6. The molecule has 0 aliphatic rings. The molecule has 3 aromatic rings. The maximum Gasteiger partial charge on any atom is 0.437 e. The van der Waals surface area contributed by atoms with Crippen LogP contribution >= 0.6 is 0 Å². The fourth-order valence-corrected chi connectivity index (χ4v) is 3.37. The Labute approximate surface area is 205 Å². The van der Waals surface area contributed by atoms with E-state index in [0.717, 1.165) is 6.07 Å². The third kappa shape index (κ3) is 6.01. The highest BCUT2D eigenvalue weighted by Crippen LogP contribution is 2.37. The zero-order valence-corrected chi connectivity index (χ0v) is 19.8. The lowest BCUT2D eigenvalue weighted by Crippen LogP contribution is -2.32. The van der Waals surface area contributed by atoms with E-state index in [2.05, 4.69) is 15.2 Å². The van der Waals surface area contributed by atoms with Gasteiger partial charge in [0.25, 0.3) is 5.91 Å². The number of alkyl halides is 6. The molecule has 0 aliphatic carbocycles. The molecule has 0 saturated carbocycles. The molecule has 3 rings (SSSR count). The second-order valence-electron chi connectivity index (χ2n) is 8.23. The number of carbonyl (C=O) groups excluding carboxylic acids is 1. The van der Waals surface area contributed by atoms with E-state index in [0.29, 0.717) is 18.6 Å². The first-order valence-corrected chi connectivity index (χ1v) is 10.7. The van der Waals surface area contributed by atoms with Crippen LogP contribution in [0.15, 0.2) is 24.3 Å². The molecule has 0 fully saturated rings. The summed E-state index contributed by atoms with van der Waals surface area (Å²) in [4.78, 5) is 17.0. The van der Waals surface area contributed by atoms with Crippen LogP contribution in [0, 0.1) is 19.7 Å². The SMILES string of the molecule is Cc1ccc(-c2cc(O[C@@H](C)C(F)(F)F)c(C(=O)Nc3c(C(F)(F)F)n[nH]c3C)cc2F)nc1C(C)O. The predicted molar refractivity (Wildman–Crippen MR) is 117 cm³/mol. The Bertz CT molecular complexity index is 1320. The molecular weight excluding hydrogens is 513 g/mol. The van der Waals surface area contributed by atoms with Gasteiger partial charge in [-0.25, -0.2) is 9.37 Å². The van der Waals surface area contributed by atoms with Gasteiger partial charge in [0.05, 0.1) is 34.4 Å². The van der Waals surface area contributed by atoms with E-state index in [1.807, 2.05) is 5.32 Å². The van der Waals surface area contributed by atoms with Gasteiger partial charge in [0.1, 0.15) is 11.6 Å². The van der Waals surface area contributed by atoms with Gasteiger partial charge < -0.3 is 15.2 Å². The molecule has 0 radical (unpaired) electrons. The number of amides is 1. The zero-order chi connectivity index (χ0) is 27.9. The van der Waals surface area contributed by atoms with Crippen LogP contribution in [0.3, 0.4) is 0 Å². The highest BCUT2D eigenvalue weighted by Gasteiger charge is 2.40. The van der Waals surface area contributed by atoms with E-state index in [1.54, 1.807) is 6.92 Å². The minimum atomic E-state index is -4.97. The van der Waals surface area contributed by atoms with Crippen molar-refractivity contribution in [2.24, 2.45) is 0 Å². The summed E-state index contributed by atoms with van der Waals surface area (Å²) in [6.45, 7) is 4.86. The van der Waals surface area contributed by atoms with Crippen molar-refractivity contribution < 1.29 is 45.4 Å². The Kier molecular flexibility index (Phi) is 7.54. The van der Waals surface area contributed by atoms with E-state index in [1.165, 1.54) is 26.0 Å². The Morgan fingerprint density at radius 1 is 1.11 bits per heavy atom. The first-order valence-electron chi connectivity index (χ1n) is 10.7. The van der Waals surface area contributed by atoms with Crippen LogP contribution in [0.25, 0.3) is 11.3 Å². The highest BCUT2D eigenvalue weighted by atomic mass is 19.4. The lowest BCUT2D eigenvalue weighted by molar-refractivity contribution is -0.189. The molecule has 7 nitrogen and oxygen atoms in total. The number of anilines is 1. The van der Waals surface area contributed by atoms with Crippen LogP contribution in [0.1, 0.15) is 53.0 Å². The molecule has 3 N–H and O–H groups in total. The average molecular weight is 534 g/mol. The number of nitrogens with one attached hydrogen (secondary N) is 2. The number of benzene rings is 1. The molecule has 2 heterocycles. The number of aliphatic hydroxyl groups excluding tert-OH is 1. The molecule has 0 spiro atoms. The van der Waals surface area contributed by atoms with Gasteiger partial charge in [0, 0.05) is 5.56 Å². The number of hydrogen-bond acceptors (Lipinski definition) is 5. The van der Waals surface area contributed by atoms with Gasteiger partial charge >= 0.3 is 12.4 Å². The average Bonchev–Trinajstić information content (AvgIpc) is 3.14. The number of aromatic amines is 1. The van der Waals surface area contributed by atoms with Gasteiger partial charge in [-0.2, -0.15) is 31.4 Å². The predicted octanol–water partition coefficient (Wildman–Crippen LogP) is 5.88. The maximum atomic E-state index is 15.1. The molecule has 1 unspecified atom stereocenters. The summed E-state index contributed by atoms with van der Waals surface area (Å²) in [7, 11) is 0. The number of halogens is 7. The highest BCUT2D eigenvalue weighted by molar-refractivity contribution is 6.07. The number of nitrogens with zero attached hydrogens (tertiary/aromatic N) is 2. The standard InChI is InChI=1S/C23H21F7N4O3/c1-9-5-6-16(31-18(9)11(3)35)13-8-17(37-12(4)22(25,26)27)14(7-15(13)24)21(36)32-19-10(2)33-34-20(19)23(28,29)30/h5-8,11-12,35H,1-4H3,(H,32,36)(H,33,34)/t11?,12-/m0/s1. The fourth-order valence-electron chi connectivity index (χ4n) is 3.37. The van der Waals surface area contributed by atoms with E-state index >= 15 is 4.39 Å². The summed E-state index contributed by atoms with van der Waals surface area (Å²) >= 11 is 0. The molecule has 37 heavy (non-hydrogen) atoms. The number of aliphatic hydroxyl groups is 1. The van der Waals surface area contributed by atoms with Crippen molar-refractivity contribution in [3.63, 3.8) is 0 Å². The van der Waals surface area contributed by atoms with Crippen molar-refractivity contribution >= 4 is 11.6 Å². The number of pyridine rings is 1. The molecule has 0 aliphatic heterocycles. The topological polar surface area (TPSA) is 100 Å². The lowest BCUT2D eigenvalue weighted by atomic mass is 10.0. The van der Waals surface area contributed by atoms with E-state index in [9.17, 15) is 36.2 Å². The van der Waals surface area contributed by atoms with Crippen LogP contribution < -0.4 is 10.1 Å². The van der Waals surface area contributed by atoms with Crippen LogP contribution in [0.4, 0.5) is 36.4 Å². The summed E-state index contributed by atoms with van der Waals surface area (Å²) < 4.78 is 99.5. The monoisotopic (exact) mass is 534 g/mol. The summed E-state index contributed by atoms with van der Waals surface area (Å²) in [5.74, 6) is -3.24. The normalized spacial score (nSPS) is 13.8. The molecule has 200 valence electrons. The number of hydrogen-bond donors (Lipinski definition) is 3. The van der Waals surface area contributed by atoms with Gasteiger partial charge in [0.2, 0.25) is 0 Å². The minimum Gasteiger partial charge on any atom is -0.480 e. The van der Waals surface area contributed by atoms with E-state index in [-0.39, 0.29) is 22.6 Å². The van der Waals surface area contributed by atoms with Crippen LogP contribution in [-0.2, 0) is 6.18 Å². The number of aromatic nitrogens is 3. The molecule has 1 aromatic carbocycles. The molecule has 2 atom stereocenters. The lowest BCUT2D eigenvalue weighted by Gasteiger charge is -2.21. The summed E-state index contributed by atoms with van der Waals surface area (Å²) in [6, 6.07) is 4.18. The number of aryl methyl sites for hydroxylation is 2. The summed E-state index contributed by atoms with van der Waals surface area (Å²) in [5.41, 5.74) is -2.95. The van der Waals surface area contributed by atoms with Crippen molar-refractivity contribution in [3.8, 4) is 17.0 Å². The number of ether oxygens (including phenoxy) is 1. The molecule has 14 heteroatoms. The molecule has 0 bridgehead atoms. The van der Waals surface area contributed by atoms with Gasteiger partial charge in [-0.05, 0) is 51.5 Å². The third-order valence-electron chi connectivity index (χ3n) is 5.34. The Balaban J connectivity index is 2.13. The molecule has 1 amide bonds. The fraction of sp³-hybridized carbons (Fsp3) is 0.348. The van der Waals surface area contributed by atoms with Gasteiger partial charge in [-0.3, -0.25) is 9.89 Å². The van der Waals surface area contributed by atoms with Crippen LogP contribution in [0.2, 0.25) is 0 Å². The van der Waals surface area contributed by atoms with Crippen molar-refractivity contribution in [1.82, 2.24) is 15.2 Å². The van der Waals surface area contributed by atoms with Gasteiger partial charge in [-0.15, -0.1) is 0 Å². The first kappa shape index (κ1) is 27.9. The quantitative estimate of drug-likeness (QED) is 0.343. The Morgan fingerprint density at radius 2 is 1.76 bits per heavy atom. The first-order chi connectivity index (χ1) is 17.0. The molecular formula is C23H21F7N4O3. The smallest absolute Gasteiger partial charge is 0.437 e. The minimum absolute atomic E-state index is 0.0829. The second kappa shape index (κ2) is 10.00. The number of H-pyrrole nitrogens is 1. The van der Waals surface area contributed by atoms with Gasteiger partial charge in [0.15, 0.2) is 11.8 Å². The van der Waals surface area contributed by atoms with Crippen molar-refractivity contribution in [3.05, 3.63) is 58.3 Å². The Morgan fingerprint density at radius 3 is 2.32 bits per heavy atom. The van der Waals surface area contributed by atoms with Gasteiger partial charge in [-0.1, -0.05) is 6.07 Å². The second-order valence-corrected chi connectivity index (χ2v) is 8.23. The van der Waals surface area contributed by atoms with Crippen molar-refractivity contribution in [2.75, 3.05) is 5.32 Å². The maximum absolute atomic E-state index is 15.1. The Hall–Kier alpha value is -3.68. The zero-order valence-electron chi connectivity index (χ0n) is 19.8. The van der Waals surface area contributed by atoms with Crippen LogP contribution in [0.5, 0.6) is 5.75 Å². The largest absolute Gasteiger partial charge is 0.480 e. The summed E-state index contributed by atoms with van der Waals surface area (Å²) in [6.07, 6.45) is -13.4. The van der Waals surface area contributed by atoms with E-state index < -0.39 is 59.0 Å². The molecule has 0 saturated heterocycles. The molecule has 2 aromatic heterocycles. The van der Waals surface area contributed by atoms with Crippen molar-refractivity contribution in [1.29, 1.82) is 0 Å². The van der Waals surface area contributed by atoms with Crippen molar-refractivity contribution in [2.45, 2.75) is 52.3 Å².